The van der Waals surface area contributed by atoms with Gasteiger partial charge in [-0.3, -0.25) is 0 Å². The summed E-state index contributed by atoms with van der Waals surface area (Å²) in [5.41, 5.74) is 3.01. The number of thiophene rings is 1. The van der Waals surface area contributed by atoms with E-state index in [0.717, 1.165) is 22.2 Å². The van der Waals surface area contributed by atoms with Crippen molar-refractivity contribution in [3.8, 4) is 0 Å². The Kier molecular flexibility index (Phi) is 4.00. The van der Waals surface area contributed by atoms with Gasteiger partial charge in [-0.25, -0.2) is 4.79 Å². The number of fused-ring (bicyclic) bond motifs is 1. The fourth-order valence-electron chi connectivity index (χ4n) is 3.14. The fraction of sp³-hybridized carbons (Fsp3) is 0.278. The Bertz CT molecular complexity index is 856. The largest absolute Gasteiger partial charge is 0.370 e. The Morgan fingerprint density at radius 2 is 2.25 bits per heavy atom. The zero-order valence-corrected chi connectivity index (χ0v) is 14.3. The second kappa shape index (κ2) is 6.30. The number of rotatable bonds is 2. The standard InChI is InChI=1S/C18H19N3O2S/c1-20-7-5-13-3-2-4-15(17(13)20)19-18(22)21-8-9-23-16(11-21)14-6-10-24-12-14/h2-7,10,12,16H,8-9,11H2,1H3,(H,19,22). The van der Waals surface area contributed by atoms with Crippen molar-refractivity contribution in [3.05, 3.63) is 52.9 Å². The van der Waals surface area contributed by atoms with Gasteiger partial charge in [0.2, 0.25) is 0 Å². The summed E-state index contributed by atoms with van der Waals surface area (Å²) in [4.78, 5) is 14.5. The summed E-state index contributed by atoms with van der Waals surface area (Å²) in [7, 11) is 1.99. The second-order valence-corrected chi connectivity index (χ2v) is 6.74. The summed E-state index contributed by atoms with van der Waals surface area (Å²) >= 11 is 1.65. The Morgan fingerprint density at radius 1 is 1.33 bits per heavy atom. The van der Waals surface area contributed by atoms with Gasteiger partial charge in [-0.1, -0.05) is 12.1 Å². The number of aromatic nitrogens is 1. The van der Waals surface area contributed by atoms with Gasteiger partial charge in [0.05, 0.1) is 24.4 Å². The average molecular weight is 341 g/mol. The van der Waals surface area contributed by atoms with Gasteiger partial charge in [-0.15, -0.1) is 0 Å². The van der Waals surface area contributed by atoms with E-state index in [1.54, 1.807) is 11.3 Å². The van der Waals surface area contributed by atoms with Crippen LogP contribution in [0.25, 0.3) is 10.9 Å². The number of benzene rings is 1. The van der Waals surface area contributed by atoms with Gasteiger partial charge in [0.25, 0.3) is 0 Å². The first-order valence-electron chi connectivity index (χ1n) is 7.96. The molecular weight excluding hydrogens is 322 g/mol. The molecule has 3 aromatic rings. The van der Waals surface area contributed by atoms with Gasteiger partial charge in [0, 0.05) is 25.2 Å². The highest BCUT2D eigenvalue weighted by Gasteiger charge is 2.26. The topological polar surface area (TPSA) is 46.5 Å². The van der Waals surface area contributed by atoms with E-state index >= 15 is 0 Å². The third-order valence-electron chi connectivity index (χ3n) is 4.41. The second-order valence-electron chi connectivity index (χ2n) is 5.96. The first-order chi connectivity index (χ1) is 11.7. The molecule has 5 nitrogen and oxygen atoms in total. The van der Waals surface area contributed by atoms with Crippen LogP contribution in [0.15, 0.2) is 47.3 Å². The van der Waals surface area contributed by atoms with E-state index in [0.29, 0.717) is 19.7 Å². The number of carbonyl (C=O) groups excluding carboxylic acids is 1. The van der Waals surface area contributed by atoms with Gasteiger partial charge in [-0.2, -0.15) is 11.3 Å². The van der Waals surface area contributed by atoms with Crippen molar-refractivity contribution < 1.29 is 9.53 Å². The highest BCUT2D eigenvalue weighted by Crippen LogP contribution is 2.26. The van der Waals surface area contributed by atoms with Gasteiger partial charge in [0.15, 0.2) is 0 Å². The molecule has 4 rings (SSSR count). The molecule has 24 heavy (non-hydrogen) atoms. The lowest BCUT2D eigenvalue weighted by Crippen LogP contribution is -2.44. The van der Waals surface area contributed by atoms with Crippen molar-refractivity contribution in [1.82, 2.24) is 9.47 Å². The molecule has 0 bridgehead atoms. The number of amides is 2. The smallest absolute Gasteiger partial charge is 0.322 e. The van der Waals surface area contributed by atoms with Crippen molar-refractivity contribution >= 4 is 34.0 Å². The monoisotopic (exact) mass is 341 g/mol. The van der Waals surface area contributed by atoms with Crippen LogP contribution in [-0.4, -0.2) is 35.2 Å². The van der Waals surface area contributed by atoms with Crippen LogP contribution in [0, 0.1) is 0 Å². The molecule has 0 radical (unpaired) electrons. The van der Waals surface area contributed by atoms with E-state index in [-0.39, 0.29) is 12.1 Å². The molecule has 0 saturated carbocycles. The Morgan fingerprint density at radius 3 is 3.08 bits per heavy atom. The Hall–Kier alpha value is -2.31. The highest BCUT2D eigenvalue weighted by atomic mass is 32.1. The number of carbonyl (C=O) groups is 1. The predicted molar refractivity (Wildman–Crippen MR) is 96.5 cm³/mol. The van der Waals surface area contributed by atoms with Crippen molar-refractivity contribution in [2.75, 3.05) is 25.0 Å². The normalized spacial score (nSPS) is 18.0. The van der Waals surface area contributed by atoms with Gasteiger partial charge >= 0.3 is 6.03 Å². The third-order valence-corrected chi connectivity index (χ3v) is 5.11. The molecule has 1 fully saturated rings. The molecule has 1 aliphatic heterocycles. The van der Waals surface area contributed by atoms with E-state index in [2.05, 4.69) is 16.8 Å². The Labute approximate surface area is 144 Å². The van der Waals surface area contributed by atoms with E-state index in [4.69, 9.17) is 4.74 Å². The number of ether oxygens (including phenoxy) is 1. The molecule has 6 heteroatoms. The molecule has 0 spiro atoms. The number of anilines is 1. The number of morpholine rings is 1. The number of para-hydroxylation sites is 1. The van der Waals surface area contributed by atoms with E-state index in [9.17, 15) is 4.79 Å². The molecule has 1 unspecified atom stereocenters. The SMILES string of the molecule is Cn1ccc2cccc(NC(=O)N3CCOC(c4ccsc4)C3)c21. The van der Waals surface area contributed by atoms with Crippen LogP contribution in [0.5, 0.6) is 0 Å². The molecule has 1 saturated heterocycles. The van der Waals surface area contributed by atoms with Crippen LogP contribution >= 0.6 is 11.3 Å². The number of hydrogen-bond acceptors (Lipinski definition) is 3. The zero-order chi connectivity index (χ0) is 16.5. The Balaban J connectivity index is 1.52. The van der Waals surface area contributed by atoms with Crippen molar-refractivity contribution in [1.29, 1.82) is 0 Å². The summed E-state index contributed by atoms with van der Waals surface area (Å²) in [5.74, 6) is 0. The van der Waals surface area contributed by atoms with Crippen LogP contribution in [0.3, 0.4) is 0 Å². The van der Waals surface area contributed by atoms with Crippen LogP contribution in [0.1, 0.15) is 11.7 Å². The van der Waals surface area contributed by atoms with Gasteiger partial charge in [-0.05, 0) is 34.5 Å². The molecule has 124 valence electrons. The van der Waals surface area contributed by atoms with Gasteiger partial charge < -0.3 is 19.5 Å². The minimum absolute atomic E-state index is 0.0402. The molecule has 2 amide bonds. The summed E-state index contributed by atoms with van der Waals surface area (Å²) in [6, 6.07) is 9.98. The summed E-state index contributed by atoms with van der Waals surface area (Å²) in [6.07, 6.45) is 1.96. The molecule has 1 N–H and O–H groups in total. The molecule has 3 heterocycles. The molecule has 1 atom stereocenters. The van der Waals surface area contributed by atoms with Crippen LogP contribution in [-0.2, 0) is 11.8 Å². The van der Waals surface area contributed by atoms with Crippen molar-refractivity contribution in [2.45, 2.75) is 6.10 Å². The lowest BCUT2D eigenvalue weighted by molar-refractivity contribution is -0.0132. The lowest BCUT2D eigenvalue weighted by Gasteiger charge is -2.32. The highest BCUT2D eigenvalue weighted by molar-refractivity contribution is 7.07. The molecule has 0 aliphatic carbocycles. The maximum Gasteiger partial charge on any atom is 0.322 e. The molecular formula is C18H19N3O2S. The first kappa shape index (κ1) is 15.2. The van der Waals surface area contributed by atoms with Crippen LogP contribution in [0.4, 0.5) is 10.5 Å². The maximum absolute atomic E-state index is 12.7. The van der Waals surface area contributed by atoms with E-state index in [1.807, 2.05) is 52.4 Å². The van der Waals surface area contributed by atoms with Crippen molar-refractivity contribution in [2.24, 2.45) is 7.05 Å². The first-order valence-corrected chi connectivity index (χ1v) is 8.90. The fourth-order valence-corrected chi connectivity index (χ4v) is 3.85. The number of nitrogens with zero attached hydrogens (tertiary/aromatic N) is 2. The zero-order valence-electron chi connectivity index (χ0n) is 13.4. The quantitative estimate of drug-likeness (QED) is 0.770. The number of nitrogens with one attached hydrogen (secondary N) is 1. The van der Waals surface area contributed by atoms with Gasteiger partial charge in [0.1, 0.15) is 6.10 Å². The average Bonchev–Trinajstić information content (AvgIpc) is 3.26. The number of urea groups is 1. The summed E-state index contributed by atoms with van der Waals surface area (Å²) in [5, 5.41) is 8.30. The minimum atomic E-state index is -0.0766. The van der Waals surface area contributed by atoms with E-state index in [1.165, 1.54) is 0 Å². The van der Waals surface area contributed by atoms with Crippen LogP contribution < -0.4 is 5.32 Å². The van der Waals surface area contributed by atoms with Crippen LogP contribution in [0.2, 0.25) is 0 Å². The number of hydrogen-bond donors (Lipinski definition) is 1. The van der Waals surface area contributed by atoms with E-state index < -0.39 is 0 Å². The molecule has 1 aromatic carbocycles. The minimum Gasteiger partial charge on any atom is -0.370 e. The summed E-state index contributed by atoms with van der Waals surface area (Å²) in [6.45, 7) is 1.74. The number of aryl methyl sites for hydroxylation is 1. The molecule has 1 aliphatic rings. The third kappa shape index (κ3) is 2.79. The lowest BCUT2D eigenvalue weighted by atomic mass is 10.1. The maximum atomic E-state index is 12.7. The molecule has 2 aromatic heterocycles. The van der Waals surface area contributed by atoms with Crippen molar-refractivity contribution in [3.63, 3.8) is 0 Å². The summed E-state index contributed by atoms with van der Waals surface area (Å²) < 4.78 is 7.84. The predicted octanol–water partition coefficient (Wildman–Crippen LogP) is 3.85.